The van der Waals surface area contributed by atoms with E-state index in [0.29, 0.717) is 0 Å². The van der Waals surface area contributed by atoms with Crippen LogP contribution in [-0.2, 0) is 4.79 Å². The predicted octanol–water partition coefficient (Wildman–Crippen LogP) is 3.62. The Balaban J connectivity index is 1.62. The molecule has 2 heterocycles. The van der Waals surface area contributed by atoms with E-state index in [0.717, 1.165) is 54.1 Å². The third-order valence-electron chi connectivity index (χ3n) is 5.30. The number of anilines is 1. The third-order valence-corrected chi connectivity index (χ3v) is 5.30. The lowest BCUT2D eigenvalue weighted by molar-refractivity contribution is -0.130. The van der Waals surface area contributed by atoms with Crippen molar-refractivity contribution in [3.8, 4) is 11.3 Å². The molecule has 1 saturated carbocycles. The van der Waals surface area contributed by atoms with Gasteiger partial charge in [0, 0.05) is 16.7 Å². The van der Waals surface area contributed by atoms with Crippen LogP contribution in [0.4, 0.5) is 5.69 Å². The number of aromatic nitrogens is 4. The Kier molecular flexibility index (Phi) is 3.75. The van der Waals surface area contributed by atoms with Gasteiger partial charge in [0.05, 0.1) is 5.69 Å². The minimum absolute atomic E-state index is 0.136. The molecule has 1 amide bonds. The largest absolute Gasteiger partial charge is 0.326 e. The van der Waals surface area contributed by atoms with Crippen LogP contribution in [0.5, 0.6) is 0 Å². The van der Waals surface area contributed by atoms with Crippen molar-refractivity contribution in [3.63, 3.8) is 0 Å². The highest BCUT2D eigenvalue weighted by Crippen LogP contribution is 2.44. The van der Waals surface area contributed by atoms with Gasteiger partial charge in [-0.2, -0.15) is 9.61 Å². The van der Waals surface area contributed by atoms with E-state index in [2.05, 4.69) is 27.5 Å². The average molecular weight is 335 g/mol. The Bertz CT molecular complexity index is 936. The first-order valence-corrected chi connectivity index (χ1v) is 8.72. The SMILES string of the molecule is CCC1(C(=O)Nc2cccc(-c3ccc4nnc(C)n4n3)c2)CCC1. The van der Waals surface area contributed by atoms with E-state index < -0.39 is 0 Å². The number of nitrogens with one attached hydrogen (secondary N) is 1. The molecule has 0 saturated heterocycles. The zero-order valence-corrected chi connectivity index (χ0v) is 14.5. The van der Waals surface area contributed by atoms with Gasteiger partial charge in [0.2, 0.25) is 5.91 Å². The maximum absolute atomic E-state index is 12.6. The van der Waals surface area contributed by atoms with Gasteiger partial charge in [-0.1, -0.05) is 25.5 Å². The van der Waals surface area contributed by atoms with Crippen LogP contribution in [0.15, 0.2) is 36.4 Å². The molecule has 1 aliphatic rings. The molecule has 1 fully saturated rings. The fourth-order valence-electron chi connectivity index (χ4n) is 3.41. The van der Waals surface area contributed by atoms with E-state index in [9.17, 15) is 4.79 Å². The van der Waals surface area contributed by atoms with Gasteiger partial charge in [-0.25, -0.2) is 0 Å². The molecule has 0 aliphatic heterocycles. The molecule has 0 bridgehead atoms. The summed E-state index contributed by atoms with van der Waals surface area (Å²) in [6.07, 6.45) is 4.01. The van der Waals surface area contributed by atoms with Crippen LogP contribution in [0.3, 0.4) is 0 Å². The van der Waals surface area contributed by atoms with Crippen LogP contribution in [0.25, 0.3) is 16.9 Å². The molecule has 0 radical (unpaired) electrons. The van der Waals surface area contributed by atoms with Gasteiger partial charge in [-0.05, 0) is 50.5 Å². The summed E-state index contributed by atoms with van der Waals surface area (Å²) in [6.45, 7) is 3.96. The number of hydrogen-bond donors (Lipinski definition) is 1. The van der Waals surface area contributed by atoms with Gasteiger partial charge < -0.3 is 5.32 Å². The van der Waals surface area contributed by atoms with E-state index in [1.54, 1.807) is 4.52 Å². The van der Waals surface area contributed by atoms with E-state index in [4.69, 9.17) is 0 Å². The number of benzene rings is 1. The normalized spacial score (nSPS) is 15.8. The summed E-state index contributed by atoms with van der Waals surface area (Å²) in [5, 5.41) is 15.8. The third kappa shape index (κ3) is 2.67. The maximum Gasteiger partial charge on any atom is 0.230 e. The number of amides is 1. The minimum atomic E-state index is -0.174. The summed E-state index contributed by atoms with van der Waals surface area (Å²) < 4.78 is 1.72. The Morgan fingerprint density at radius 2 is 2.08 bits per heavy atom. The van der Waals surface area contributed by atoms with Crippen LogP contribution >= 0.6 is 0 Å². The van der Waals surface area contributed by atoms with Gasteiger partial charge in [0.15, 0.2) is 11.5 Å². The monoisotopic (exact) mass is 335 g/mol. The molecule has 1 aromatic carbocycles. The first-order chi connectivity index (χ1) is 12.1. The second-order valence-corrected chi connectivity index (χ2v) is 6.76. The van der Waals surface area contributed by atoms with Crippen molar-refractivity contribution < 1.29 is 4.79 Å². The van der Waals surface area contributed by atoms with Crippen molar-refractivity contribution in [2.75, 3.05) is 5.32 Å². The van der Waals surface area contributed by atoms with E-state index in [1.807, 2.05) is 43.3 Å². The van der Waals surface area contributed by atoms with Crippen LogP contribution in [-0.4, -0.2) is 25.7 Å². The number of hydrogen-bond acceptors (Lipinski definition) is 4. The number of aryl methyl sites for hydroxylation is 1. The van der Waals surface area contributed by atoms with Crippen molar-refractivity contribution in [2.24, 2.45) is 5.41 Å². The van der Waals surface area contributed by atoms with Gasteiger partial charge in [-0.3, -0.25) is 4.79 Å². The van der Waals surface area contributed by atoms with Crippen molar-refractivity contribution in [3.05, 3.63) is 42.2 Å². The van der Waals surface area contributed by atoms with Crippen LogP contribution in [0, 0.1) is 12.3 Å². The molecule has 0 atom stereocenters. The first kappa shape index (κ1) is 15.7. The molecular formula is C19H21N5O. The number of rotatable bonds is 4. The number of carbonyl (C=O) groups is 1. The second kappa shape index (κ2) is 5.95. The van der Waals surface area contributed by atoms with Gasteiger partial charge >= 0.3 is 0 Å². The summed E-state index contributed by atoms with van der Waals surface area (Å²) in [5.41, 5.74) is 3.13. The highest BCUT2D eigenvalue weighted by molar-refractivity contribution is 5.96. The molecule has 1 N–H and O–H groups in total. The fraction of sp³-hybridized carbons (Fsp3) is 0.368. The highest BCUT2D eigenvalue weighted by atomic mass is 16.2. The number of nitrogens with zero attached hydrogens (tertiary/aromatic N) is 4. The van der Waals surface area contributed by atoms with E-state index in [-0.39, 0.29) is 11.3 Å². The Labute approximate surface area is 146 Å². The molecule has 0 spiro atoms. The zero-order chi connectivity index (χ0) is 17.4. The Hall–Kier alpha value is -2.76. The molecule has 4 rings (SSSR count). The lowest BCUT2D eigenvalue weighted by atomic mass is 9.66. The Morgan fingerprint density at radius 1 is 1.24 bits per heavy atom. The maximum atomic E-state index is 12.6. The quantitative estimate of drug-likeness (QED) is 0.790. The van der Waals surface area contributed by atoms with Crippen molar-refractivity contribution in [2.45, 2.75) is 39.5 Å². The lowest BCUT2D eigenvalue weighted by Gasteiger charge is -2.39. The van der Waals surface area contributed by atoms with E-state index >= 15 is 0 Å². The van der Waals surface area contributed by atoms with Gasteiger partial charge in [0.25, 0.3) is 0 Å². The zero-order valence-electron chi connectivity index (χ0n) is 14.5. The molecule has 6 heteroatoms. The average Bonchev–Trinajstić information content (AvgIpc) is 2.95. The standard InChI is InChI=1S/C19H21N5O/c1-3-19(10-5-11-19)18(25)20-15-7-4-6-14(12-15)16-8-9-17-22-21-13(2)24(17)23-16/h4,6-9,12H,3,5,10-11H2,1-2H3,(H,20,25). The van der Waals surface area contributed by atoms with Gasteiger partial charge in [-0.15, -0.1) is 10.2 Å². The summed E-state index contributed by atoms with van der Waals surface area (Å²) >= 11 is 0. The summed E-state index contributed by atoms with van der Waals surface area (Å²) in [5.74, 6) is 0.882. The summed E-state index contributed by atoms with van der Waals surface area (Å²) in [7, 11) is 0. The Morgan fingerprint density at radius 3 is 2.80 bits per heavy atom. The first-order valence-electron chi connectivity index (χ1n) is 8.72. The summed E-state index contributed by atoms with van der Waals surface area (Å²) in [6, 6.07) is 11.6. The topological polar surface area (TPSA) is 72.2 Å². The number of fused-ring (bicyclic) bond motifs is 1. The minimum Gasteiger partial charge on any atom is -0.326 e. The smallest absolute Gasteiger partial charge is 0.230 e. The molecule has 25 heavy (non-hydrogen) atoms. The van der Waals surface area contributed by atoms with E-state index in [1.165, 1.54) is 0 Å². The van der Waals surface area contributed by atoms with Crippen molar-refractivity contribution >= 4 is 17.2 Å². The molecule has 3 aromatic rings. The molecular weight excluding hydrogens is 314 g/mol. The highest BCUT2D eigenvalue weighted by Gasteiger charge is 2.42. The predicted molar refractivity (Wildman–Crippen MR) is 96.2 cm³/mol. The van der Waals surface area contributed by atoms with Gasteiger partial charge in [0.1, 0.15) is 0 Å². The fourth-order valence-corrected chi connectivity index (χ4v) is 3.41. The summed E-state index contributed by atoms with van der Waals surface area (Å²) in [4.78, 5) is 12.6. The molecule has 0 unspecified atom stereocenters. The number of carbonyl (C=O) groups excluding carboxylic acids is 1. The van der Waals surface area contributed by atoms with Crippen LogP contribution in [0.2, 0.25) is 0 Å². The lowest BCUT2D eigenvalue weighted by Crippen LogP contribution is -2.41. The van der Waals surface area contributed by atoms with Crippen LogP contribution in [0.1, 0.15) is 38.4 Å². The molecule has 128 valence electrons. The second-order valence-electron chi connectivity index (χ2n) is 6.76. The van der Waals surface area contributed by atoms with Crippen LogP contribution < -0.4 is 5.32 Å². The molecule has 1 aliphatic carbocycles. The molecule has 2 aromatic heterocycles. The van der Waals surface area contributed by atoms with Crippen molar-refractivity contribution in [1.29, 1.82) is 0 Å². The van der Waals surface area contributed by atoms with Crippen molar-refractivity contribution in [1.82, 2.24) is 19.8 Å². The molecule has 6 nitrogen and oxygen atoms in total.